The van der Waals surface area contributed by atoms with Crippen molar-refractivity contribution in [1.82, 2.24) is 5.32 Å². The average molecular weight is 850 g/mol. The smallest absolute Gasteiger partial charge is 0.305 e. The summed E-state index contributed by atoms with van der Waals surface area (Å²) in [6.45, 7) is 4.94. The molecule has 0 bridgehead atoms. The lowest BCUT2D eigenvalue weighted by molar-refractivity contribution is -0.143. The van der Waals surface area contributed by atoms with E-state index >= 15 is 0 Å². The maximum atomic E-state index is 12.4. The number of aliphatic hydroxyl groups excluding tert-OH is 2. The molecule has 0 fully saturated rings. The molecule has 0 saturated carbocycles. The predicted octanol–water partition coefficient (Wildman–Crippen LogP) is 16.4. The number of aliphatic hydroxyl groups is 2. The highest BCUT2D eigenvalue weighted by atomic mass is 16.5. The van der Waals surface area contributed by atoms with Crippen molar-refractivity contribution >= 4 is 11.9 Å². The van der Waals surface area contributed by atoms with Crippen molar-refractivity contribution < 1.29 is 24.5 Å². The highest BCUT2D eigenvalue weighted by molar-refractivity contribution is 5.76. The van der Waals surface area contributed by atoms with E-state index in [0.717, 1.165) is 38.5 Å². The fraction of sp³-hybridized carbons (Fsp3) is 0.963. The van der Waals surface area contributed by atoms with E-state index in [9.17, 15) is 19.8 Å². The second kappa shape index (κ2) is 50.5. The number of carbonyl (C=O) groups excluding carboxylic acids is 2. The molecule has 0 aliphatic heterocycles. The summed E-state index contributed by atoms with van der Waals surface area (Å²) in [6, 6.07) is -0.543. The number of ether oxygens (including phenoxy) is 1. The lowest BCUT2D eigenvalue weighted by Gasteiger charge is -2.22. The van der Waals surface area contributed by atoms with Crippen molar-refractivity contribution in [2.24, 2.45) is 0 Å². The molecule has 6 heteroatoms. The van der Waals surface area contributed by atoms with E-state index < -0.39 is 12.1 Å². The molecule has 358 valence electrons. The Morgan fingerprint density at radius 1 is 0.400 bits per heavy atom. The molecule has 0 spiro atoms. The van der Waals surface area contributed by atoms with Crippen LogP contribution >= 0.6 is 0 Å². The molecule has 0 heterocycles. The maximum absolute atomic E-state index is 12.4. The Labute approximate surface area is 375 Å². The van der Waals surface area contributed by atoms with Gasteiger partial charge in [-0.05, 0) is 25.7 Å². The van der Waals surface area contributed by atoms with E-state index in [4.69, 9.17) is 4.74 Å². The van der Waals surface area contributed by atoms with E-state index in [1.54, 1.807) is 0 Å². The van der Waals surface area contributed by atoms with Crippen LogP contribution in [0.5, 0.6) is 0 Å². The first-order valence-electron chi connectivity index (χ1n) is 27.3. The molecular weight excluding hydrogens is 743 g/mol. The third-order valence-electron chi connectivity index (χ3n) is 12.9. The van der Waals surface area contributed by atoms with Crippen LogP contribution in [0.1, 0.15) is 309 Å². The van der Waals surface area contributed by atoms with Crippen LogP contribution in [0.3, 0.4) is 0 Å². The molecule has 2 unspecified atom stereocenters. The Morgan fingerprint density at radius 2 is 0.683 bits per heavy atom. The molecule has 0 aliphatic carbocycles. The van der Waals surface area contributed by atoms with Gasteiger partial charge in [0.1, 0.15) is 0 Å². The molecule has 0 aromatic rings. The summed E-state index contributed by atoms with van der Waals surface area (Å²) >= 11 is 0. The number of rotatable bonds is 51. The summed E-state index contributed by atoms with van der Waals surface area (Å²) < 4.78 is 5.48. The first-order valence-corrected chi connectivity index (χ1v) is 27.3. The SMILES string of the molecule is CCCCCCCCCCCCCCCCCCCC(=O)OCCCCCCCCCCCCCCCCCCC(=O)NC(CO)C(O)CCCCCCCCCCCC. The van der Waals surface area contributed by atoms with Crippen molar-refractivity contribution in [2.45, 2.75) is 321 Å². The summed E-state index contributed by atoms with van der Waals surface area (Å²) in [5, 5.41) is 23.1. The monoisotopic (exact) mass is 850 g/mol. The van der Waals surface area contributed by atoms with Gasteiger partial charge in [-0.2, -0.15) is 0 Å². The maximum Gasteiger partial charge on any atom is 0.305 e. The zero-order valence-corrected chi connectivity index (χ0v) is 40.7. The van der Waals surface area contributed by atoms with Gasteiger partial charge < -0.3 is 20.3 Å². The van der Waals surface area contributed by atoms with Crippen molar-refractivity contribution in [2.75, 3.05) is 13.2 Å². The molecular formula is C54H107NO5. The Hall–Kier alpha value is -1.14. The van der Waals surface area contributed by atoms with Crippen LogP contribution in [0.2, 0.25) is 0 Å². The Bertz CT molecular complexity index is 852. The predicted molar refractivity (Wildman–Crippen MR) is 260 cm³/mol. The lowest BCUT2D eigenvalue weighted by Crippen LogP contribution is -2.45. The van der Waals surface area contributed by atoms with E-state index in [-0.39, 0.29) is 18.5 Å². The van der Waals surface area contributed by atoms with Gasteiger partial charge in [-0.1, -0.05) is 271 Å². The van der Waals surface area contributed by atoms with Gasteiger partial charge in [-0.15, -0.1) is 0 Å². The minimum Gasteiger partial charge on any atom is -0.466 e. The van der Waals surface area contributed by atoms with E-state index in [1.807, 2.05) is 0 Å². The Kier molecular flexibility index (Phi) is 49.5. The summed E-state index contributed by atoms with van der Waals surface area (Å²) in [5.41, 5.74) is 0. The van der Waals surface area contributed by atoms with Gasteiger partial charge in [-0.25, -0.2) is 0 Å². The first-order chi connectivity index (χ1) is 29.5. The zero-order valence-electron chi connectivity index (χ0n) is 40.7. The van der Waals surface area contributed by atoms with Crippen LogP contribution in [0.15, 0.2) is 0 Å². The number of unbranched alkanes of at least 4 members (excludes halogenated alkanes) is 40. The molecule has 0 aromatic heterocycles. The van der Waals surface area contributed by atoms with Crippen LogP contribution in [0.4, 0.5) is 0 Å². The van der Waals surface area contributed by atoms with Gasteiger partial charge in [0.2, 0.25) is 5.91 Å². The topological polar surface area (TPSA) is 95.9 Å². The lowest BCUT2D eigenvalue weighted by atomic mass is 10.0. The number of carbonyl (C=O) groups is 2. The number of hydrogen-bond donors (Lipinski definition) is 3. The highest BCUT2D eigenvalue weighted by Gasteiger charge is 2.20. The number of hydrogen-bond acceptors (Lipinski definition) is 5. The van der Waals surface area contributed by atoms with E-state index in [1.165, 1.54) is 238 Å². The van der Waals surface area contributed by atoms with Crippen LogP contribution in [-0.2, 0) is 14.3 Å². The second-order valence-corrected chi connectivity index (χ2v) is 18.9. The summed E-state index contributed by atoms with van der Waals surface area (Å²) in [7, 11) is 0. The second-order valence-electron chi connectivity index (χ2n) is 18.9. The molecule has 1 amide bonds. The van der Waals surface area contributed by atoms with Gasteiger partial charge in [0.25, 0.3) is 0 Å². The van der Waals surface area contributed by atoms with Crippen LogP contribution in [0, 0.1) is 0 Å². The standard InChI is InChI=1S/C54H107NO5/c1-3-5-7-9-11-13-15-16-17-18-22-25-28-32-36-40-44-48-54(59)60-49-45-41-37-33-29-26-23-20-19-21-24-27-31-35-39-43-47-53(58)55-51(50-56)52(57)46-42-38-34-30-14-12-10-8-6-4-2/h51-52,56-57H,3-50H2,1-2H3,(H,55,58). The third-order valence-corrected chi connectivity index (χ3v) is 12.9. The summed E-state index contributed by atoms with van der Waals surface area (Å²) in [4.78, 5) is 24.5. The van der Waals surface area contributed by atoms with Crippen molar-refractivity contribution in [1.29, 1.82) is 0 Å². The summed E-state index contributed by atoms with van der Waals surface area (Å²) in [5.74, 6) is -0.0343. The Balaban J connectivity index is 3.36. The number of nitrogens with one attached hydrogen (secondary N) is 1. The normalized spacial score (nSPS) is 12.5. The van der Waals surface area contributed by atoms with Gasteiger partial charge in [-0.3, -0.25) is 9.59 Å². The largest absolute Gasteiger partial charge is 0.466 e. The van der Waals surface area contributed by atoms with Gasteiger partial charge >= 0.3 is 5.97 Å². The number of amides is 1. The Morgan fingerprint density at radius 3 is 1.02 bits per heavy atom. The first kappa shape index (κ1) is 58.9. The molecule has 0 saturated heterocycles. The molecule has 0 rings (SSSR count). The van der Waals surface area contributed by atoms with Crippen LogP contribution in [0.25, 0.3) is 0 Å². The molecule has 3 N–H and O–H groups in total. The average Bonchev–Trinajstić information content (AvgIpc) is 3.25. The van der Waals surface area contributed by atoms with Gasteiger partial charge in [0.05, 0.1) is 25.4 Å². The van der Waals surface area contributed by atoms with Crippen molar-refractivity contribution in [3.63, 3.8) is 0 Å². The molecule has 2 atom stereocenters. The van der Waals surface area contributed by atoms with E-state index in [2.05, 4.69) is 19.2 Å². The fourth-order valence-electron chi connectivity index (χ4n) is 8.70. The van der Waals surface area contributed by atoms with Gasteiger partial charge in [0, 0.05) is 12.8 Å². The quantitative estimate of drug-likeness (QED) is 0.0418. The van der Waals surface area contributed by atoms with Crippen molar-refractivity contribution in [3.8, 4) is 0 Å². The molecule has 0 aliphatic rings. The third kappa shape index (κ3) is 46.4. The molecule has 0 aromatic carbocycles. The molecule has 6 nitrogen and oxygen atoms in total. The molecule has 0 radical (unpaired) electrons. The number of esters is 1. The highest BCUT2D eigenvalue weighted by Crippen LogP contribution is 2.17. The molecule has 60 heavy (non-hydrogen) atoms. The van der Waals surface area contributed by atoms with Gasteiger partial charge in [0.15, 0.2) is 0 Å². The van der Waals surface area contributed by atoms with Crippen molar-refractivity contribution in [3.05, 3.63) is 0 Å². The fourth-order valence-corrected chi connectivity index (χ4v) is 8.70. The van der Waals surface area contributed by atoms with Crippen LogP contribution in [-0.4, -0.2) is 47.4 Å². The zero-order chi connectivity index (χ0) is 43.7. The van der Waals surface area contributed by atoms with E-state index in [0.29, 0.717) is 25.9 Å². The minimum atomic E-state index is -0.665. The minimum absolute atomic E-state index is 0.00754. The van der Waals surface area contributed by atoms with Crippen LogP contribution < -0.4 is 5.32 Å². The summed E-state index contributed by atoms with van der Waals surface area (Å²) in [6.07, 6.45) is 56.6.